The SMILES string of the molecule is COC(=O)c1c(N2C(=O)[C@H]3[C@@H](c4ccc(C)cc4)N(c4ccccc4)O[C@H]3C2=O)sc2c1CCCC2. The minimum absolute atomic E-state index is 0.349. The fourth-order valence-corrected chi connectivity index (χ4v) is 6.92. The summed E-state index contributed by atoms with van der Waals surface area (Å²) < 4.78 is 5.08. The lowest BCUT2D eigenvalue weighted by Crippen LogP contribution is -2.37. The molecule has 2 fully saturated rings. The van der Waals surface area contributed by atoms with E-state index in [-0.39, 0.29) is 5.91 Å². The molecule has 184 valence electrons. The van der Waals surface area contributed by atoms with Gasteiger partial charge in [-0.3, -0.25) is 14.4 Å². The molecule has 0 radical (unpaired) electrons. The monoisotopic (exact) mass is 502 g/mol. The molecule has 3 heterocycles. The van der Waals surface area contributed by atoms with E-state index < -0.39 is 29.9 Å². The molecule has 1 aromatic heterocycles. The Morgan fingerprint density at radius 1 is 1.00 bits per heavy atom. The van der Waals surface area contributed by atoms with Crippen LogP contribution in [-0.4, -0.2) is 31.0 Å². The van der Waals surface area contributed by atoms with E-state index in [2.05, 4.69) is 0 Å². The molecular weight excluding hydrogens is 476 g/mol. The van der Waals surface area contributed by atoms with Gasteiger partial charge >= 0.3 is 5.97 Å². The zero-order valence-electron chi connectivity index (χ0n) is 20.1. The smallest absolute Gasteiger partial charge is 0.341 e. The van der Waals surface area contributed by atoms with E-state index in [1.165, 1.54) is 23.3 Å². The summed E-state index contributed by atoms with van der Waals surface area (Å²) in [6.07, 6.45) is 2.57. The van der Waals surface area contributed by atoms with Crippen LogP contribution in [0.1, 0.15) is 50.8 Å². The zero-order chi connectivity index (χ0) is 25.0. The van der Waals surface area contributed by atoms with Gasteiger partial charge in [-0.2, -0.15) is 0 Å². The first-order valence-electron chi connectivity index (χ1n) is 12.2. The van der Waals surface area contributed by atoms with Gasteiger partial charge in [0, 0.05) is 4.88 Å². The third-order valence-electron chi connectivity index (χ3n) is 7.29. The Morgan fingerprint density at radius 3 is 2.44 bits per heavy atom. The molecule has 0 bridgehead atoms. The van der Waals surface area contributed by atoms with Gasteiger partial charge in [0.2, 0.25) is 5.91 Å². The van der Waals surface area contributed by atoms with Crippen LogP contribution in [0.3, 0.4) is 0 Å². The maximum absolute atomic E-state index is 14.1. The molecule has 2 aliphatic heterocycles. The minimum atomic E-state index is -0.978. The molecule has 0 spiro atoms. The average Bonchev–Trinajstić information content (AvgIpc) is 3.55. The largest absolute Gasteiger partial charge is 0.465 e. The summed E-state index contributed by atoms with van der Waals surface area (Å²) in [5, 5.41) is 2.06. The summed E-state index contributed by atoms with van der Waals surface area (Å²) in [7, 11) is 1.33. The third-order valence-corrected chi connectivity index (χ3v) is 8.57. The summed E-state index contributed by atoms with van der Waals surface area (Å²) in [5.74, 6) is -2.05. The molecule has 0 saturated carbocycles. The summed E-state index contributed by atoms with van der Waals surface area (Å²) >= 11 is 1.36. The standard InChI is InChI=1S/C28H26N2O5S/c1-16-12-14-17(15-13-16)23-22-24(35-30(23)18-8-4-3-5-9-18)26(32)29(25(22)31)27-21(28(33)34-2)19-10-6-7-11-20(19)36-27/h3-5,8-9,12-15,22-24H,6-7,10-11H2,1-2H3/t22-,23+,24+/m0/s1. The van der Waals surface area contributed by atoms with Crippen molar-refractivity contribution in [2.45, 2.75) is 44.8 Å². The molecule has 1 aliphatic carbocycles. The van der Waals surface area contributed by atoms with Crippen molar-refractivity contribution in [3.05, 3.63) is 81.7 Å². The third kappa shape index (κ3) is 3.47. The van der Waals surface area contributed by atoms with Crippen LogP contribution in [0.4, 0.5) is 10.7 Å². The fourth-order valence-electron chi connectivity index (χ4n) is 5.54. The molecule has 3 aliphatic rings. The van der Waals surface area contributed by atoms with Gasteiger partial charge < -0.3 is 4.74 Å². The van der Waals surface area contributed by atoms with E-state index in [4.69, 9.17) is 9.57 Å². The molecule has 0 unspecified atom stereocenters. The number of fused-ring (bicyclic) bond motifs is 2. The number of hydroxylamine groups is 1. The van der Waals surface area contributed by atoms with Gasteiger partial charge in [-0.15, -0.1) is 11.3 Å². The van der Waals surface area contributed by atoms with E-state index in [0.29, 0.717) is 10.6 Å². The van der Waals surface area contributed by atoms with Crippen LogP contribution in [0.5, 0.6) is 0 Å². The number of thiophene rings is 1. The number of nitrogens with zero attached hydrogens (tertiary/aromatic N) is 2. The highest BCUT2D eigenvalue weighted by Gasteiger charge is 2.61. The molecule has 36 heavy (non-hydrogen) atoms. The number of esters is 1. The van der Waals surface area contributed by atoms with Crippen LogP contribution >= 0.6 is 11.3 Å². The number of carbonyl (C=O) groups excluding carboxylic acids is 3. The number of carbonyl (C=O) groups is 3. The summed E-state index contributed by atoms with van der Waals surface area (Å²) in [6, 6.07) is 17.0. The second-order valence-electron chi connectivity index (χ2n) is 9.46. The summed E-state index contributed by atoms with van der Waals surface area (Å²) in [4.78, 5) is 49.2. The molecule has 3 atom stereocenters. The molecule has 2 aromatic carbocycles. The van der Waals surface area contributed by atoms with Gasteiger partial charge in [0.1, 0.15) is 10.9 Å². The molecule has 0 N–H and O–H groups in total. The number of methoxy groups -OCH3 is 1. The van der Waals surface area contributed by atoms with Crippen LogP contribution in [0.15, 0.2) is 54.6 Å². The van der Waals surface area contributed by atoms with E-state index in [1.54, 1.807) is 5.06 Å². The number of benzene rings is 2. The van der Waals surface area contributed by atoms with Gasteiger partial charge in [-0.1, -0.05) is 48.0 Å². The highest BCUT2D eigenvalue weighted by molar-refractivity contribution is 7.17. The van der Waals surface area contributed by atoms with Crippen LogP contribution in [0.2, 0.25) is 0 Å². The highest BCUT2D eigenvalue weighted by Crippen LogP contribution is 2.50. The number of hydrogen-bond acceptors (Lipinski definition) is 7. The Hall–Kier alpha value is -3.49. The van der Waals surface area contributed by atoms with Crippen molar-refractivity contribution in [1.29, 1.82) is 0 Å². The number of hydrogen-bond donors (Lipinski definition) is 0. The van der Waals surface area contributed by atoms with Gasteiger partial charge in [-0.05, 0) is 55.9 Å². The van der Waals surface area contributed by atoms with Crippen molar-refractivity contribution in [1.82, 2.24) is 0 Å². The van der Waals surface area contributed by atoms with E-state index in [0.717, 1.165) is 52.9 Å². The first-order valence-corrected chi connectivity index (χ1v) is 13.0. The first-order chi connectivity index (χ1) is 17.5. The maximum atomic E-state index is 14.1. The molecule has 2 saturated heterocycles. The number of ether oxygens (including phenoxy) is 1. The second-order valence-corrected chi connectivity index (χ2v) is 10.5. The van der Waals surface area contributed by atoms with Crippen LogP contribution in [0.25, 0.3) is 0 Å². The quantitative estimate of drug-likeness (QED) is 0.378. The van der Waals surface area contributed by atoms with Crippen molar-refractivity contribution in [2.75, 3.05) is 17.1 Å². The number of aryl methyl sites for hydroxylation is 2. The number of imide groups is 1. The van der Waals surface area contributed by atoms with E-state index in [9.17, 15) is 14.4 Å². The van der Waals surface area contributed by atoms with Gasteiger partial charge in [0.15, 0.2) is 6.10 Å². The summed E-state index contributed by atoms with van der Waals surface area (Å²) in [5.41, 5.74) is 4.02. The Balaban J connectivity index is 1.45. The number of anilines is 2. The first kappa shape index (κ1) is 22.9. The van der Waals surface area contributed by atoms with Gasteiger partial charge in [0.25, 0.3) is 5.91 Å². The lowest BCUT2D eigenvalue weighted by molar-refractivity contribution is -0.126. The summed E-state index contributed by atoms with van der Waals surface area (Å²) in [6.45, 7) is 2.01. The van der Waals surface area contributed by atoms with Crippen molar-refractivity contribution < 1.29 is 24.0 Å². The van der Waals surface area contributed by atoms with Crippen molar-refractivity contribution >= 4 is 39.8 Å². The van der Waals surface area contributed by atoms with Crippen LogP contribution < -0.4 is 9.96 Å². The lowest BCUT2D eigenvalue weighted by atomic mass is 9.90. The average molecular weight is 503 g/mol. The predicted octanol–water partition coefficient (Wildman–Crippen LogP) is 4.77. The highest BCUT2D eigenvalue weighted by atomic mass is 32.1. The molecule has 2 amide bonds. The molecular formula is C28H26N2O5S. The Bertz CT molecular complexity index is 1350. The Kier molecular flexibility index (Phi) is 5.65. The molecule has 6 rings (SSSR count). The van der Waals surface area contributed by atoms with Crippen molar-refractivity contribution in [3.8, 4) is 0 Å². The van der Waals surface area contributed by atoms with Crippen LogP contribution in [0, 0.1) is 12.8 Å². The fraction of sp³-hybridized carbons (Fsp3) is 0.321. The normalized spacial score (nSPS) is 23.1. The number of para-hydroxylation sites is 1. The van der Waals surface area contributed by atoms with E-state index >= 15 is 0 Å². The zero-order valence-corrected chi connectivity index (χ0v) is 20.9. The lowest BCUT2D eigenvalue weighted by Gasteiger charge is -2.28. The van der Waals surface area contributed by atoms with Crippen molar-refractivity contribution in [3.63, 3.8) is 0 Å². The molecule has 8 heteroatoms. The van der Waals surface area contributed by atoms with Gasteiger partial charge in [0.05, 0.1) is 24.4 Å². The Labute approximate surface area is 213 Å². The Morgan fingerprint density at radius 2 is 1.72 bits per heavy atom. The van der Waals surface area contributed by atoms with E-state index in [1.807, 2.05) is 61.5 Å². The van der Waals surface area contributed by atoms with Gasteiger partial charge in [-0.25, -0.2) is 14.8 Å². The number of amides is 2. The van der Waals surface area contributed by atoms with Crippen LogP contribution in [-0.2, 0) is 32.0 Å². The second kappa shape index (κ2) is 8.87. The molecule has 7 nitrogen and oxygen atoms in total. The minimum Gasteiger partial charge on any atom is -0.465 e. The topological polar surface area (TPSA) is 76.2 Å². The maximum Gasteiger partial charge on any atom is 0.341 e. The predicted molar refractivity (Wildman–Crippen MR) is 136 cm³/mol. The number of rotatable bonds is 4. The molecule has 3 aromatic rings. The van der Waals surface area contributed by atoms with Crippen molar-refractivity contribution in [2.24, 2.45) is 5.92 Å².